The molecule has 0 aliphatic carbocycles. The van der Waals surface area contributed by atoms with Crippen molar-refractivity contribution in [1.82, 2.24) is 14.8 Å². The van der Waals surface area contributed by atoms with Crippen molar-refractivity contribution in [3.8, 4) is 17.1 Å². The Hall–Kier alpha value is -0.410. The quantitative estimate of drug-likeness (QED) is 0.103. The van der Waals surface area contributed by atoms with Crippen LogP contribution < -0.4 is 34.8 Å². The molecule has 0 aliphatic heterocycles. The average Bonchev–Trinajstić information content (AvgIpc) is 3.23. The molecule has 1 aromatic heterocycles. The van der Waals surface area contributed by atoms with E-state index in [9.17, 15) is 23.6 Å². The third-order valence-electron chi connectivity index (χ3n) is 4.16. The molecule has 3 aromatic rings. The standard InChI is InChI=1S/C17H12Br3N3O9S2.Na/c18-17(19,20)34(28,29)16-22-21-14(10-1-3-13(4-2-10)33-32-31-27)23(16)12-6-9(8-30-26)5-11(7-12)15(24)25;/h1-7,26-27H,8H2,(H,24,25);/q;+1/p-1. The molecule has 0 saturated carbocycles. The monoisotopic (exact) mass is 725 g/mol. The van der Waals surface area contributed by atoms with E-state index in [-0.39, 0.29) is 58.8 Å². The van der Waals surface area contributed by atoms with Gasteiger partial charge in [-0.3, -0.25) is 14.9 Å². The van der Waals surface area contributed by atoms with Gasteiger partial charge in [0.05, 0.1) is 23.3 Å². The number of carboxylic acid groups (broad SMARTS) is 1. The van der Waals surface area contributed by atoms with Crippen LogP contribution in [0.25, 0.3) is 17.1 Å². The number of halogens is 3. The molecule has 0 unspecified atom stereocenters. The zero-order valence-corrected chi connectivity index (χ0v) is 25.7. The molecule has 2 N–H and O–H groups in total. The predicted molar refractivity (Wildman–Crippen MR) is 126 cm³/mol. The molecule has 18 heteroatoms. The van der Waals surface area contributed by atoms with Gasteiger partial charge in [-0.15, -0.1) is 10.2 Å². The maximum atomic E-state index is 13.2. The Morgan fingerprint density at radius 1 is 1.14 bits per heavy atom. The summed E-state index contributed by atoms with van der Waals surface area (Å²) in [6.07, 6.45) is 0. The third-order valence-corrected chi connectivity index (χ3v) is 9.94. The van der Waals surface area contributed by atoms with Crippen molar-refractivity contribution in [3.05, 3.63) is 53.6 Å². The molecule has 0 radical (unpaired) electrons. The predicted octanol–water partition coefficient (Wildman–Crippen LogP) is 0.426. The maximum absolute atomic E-state index is 13.2. The number of sulfone groups is 1. The van der Waals surface area contributed by atoms with Gasteiger partial charge in [0.25, 0.3) is 5.16 Å². The fraction of sp³-hybridized carbons (Fsp3) is 0.118. The van der Waals surface area contributed by atoms with E-state index in [1.807, 2.05) is 0 Å². The summed E-state index contributed by atoms with van der Waals surface area (Å²) < 4.78 is 30.0. The zero-order chi connectivity index (χ0) is 25.1. The molecule has 3 rings (SSSR count). The van der Waals surface area contributed by atoms with Crippen molar-refractivity contribution in [1.29, 1.82) is 0 Å². The van der Waals surface area contributed by atoms with Gasteiger partial charge in [0.15, 0.2) is 5.82 Å². The van der Waals surface area contributed by atoms with Crippen molar-refractivity contribution in [2.24, 2.45) is 0 Å². The zero-order valence-electron chi connectivity index (χ0n) is 17.3. The topological polar surface area (TPSA) is 173 Å². The van der Waals surface area contributed by atoms with Gasteiger partial charge in [-0.1, -0.05) is 0 Å². The second kappa shape index (κ2) is 12.9. The van der Waals surface area contributed by atoms with Crippen molar-refractivity contribution in [2.75, 3.05) is 0 Å². The number of benzene rings is 2. The largest absolute Gasteiger partial charge is 1.00 e. The SMILES string of the molecule is O=C(O)c1cc(COO)cc(-n2c(-c3ccc(SOO[O-])cc3)nnc2S(=O)(=O)C(Br)(Br)Br)c1.[Na+]. The molecule has 2 aromatic carbocycles. The fourth-order valence-corrected chi connectivity index (χ4v) is 5.21. The summed E-state index contributed by atoms with van der Waals surface area (Å²) in [4.78, 5) is 16.3. The fourth-order valence-electron chi connectivity index (χ4n) is 2.76. The van der Waals surface area contributed by atoms with E-state index >= 15 is 0 Å². The molecule has 0 amide bonds. The molecular formula is C17H11Br3N3NaO9S2. The number of rotatable bonds is 9. The Morgan fingerprint density at radius 3 is 2.34 bits per heavy atom. The van der Waals surface area contributed by atoms with Gasteiger partial charge >= 0.3 is 35.5 Å². The van der Waals surface area contributed by atoms with Crippen LogP contribution in [0, 0.1) is 0 Å². The Morgan fingerprint density at radius 2 is 1.80 bits per heavy atom. The van der Waals surface area contributed by atoms with Crippen LogP contribution in [0.1, 0.15) is 15.9 Å². The van der Waals surface area contributed by atoms with Crippen LogP contribution in [-0.4, -0.2) is 41.0 Å². The molecule has 0 bridgehead atoms. The van der Waals surface area contributed by atoms with E-state index in [4.69, 9.17) is 5.26 Å². The summed E-state index contributed by atoms with van der Waals surface area (Å²) in [6, 6.07) is 10.1. The van der Waals surface area contributed by atoms with Crippen LogP contribution in [0.5, 0.6) is 0 Å². The van der Waals surface area contributed by atoms with Crippen LogP contribution in [0.4, 0.5) is 0 Å². The number of aromatic nitrogens is 3. The van der Waals surface area contributed by atoms with E-state index in [1.165, 1.54) is 18.2 Å². The van der Waals surface area contributed by atoms with Crippen LogP contribution in [0.3, 0.4) is 0 Å². The van der Waals surface area contributed by atoms with E-state index in [1.54, 1.807) is 24.3 Å². The normalized spacial score (nSPS) is 11.8. The molecule has 0 aliphatic rings. The van der Waals surface area contributed by atoms with E-state index in [0.717, 1.165) is 4.57 Å². The van der Waals surface area contributed by atoms with Gasteiger partial charge in [-0.05, 0) is 95.8 Å². The second-order valence-corrected chi connectivity index (χ2v) is 17.4. The van der Waals surface area contributed by atoms with Crippen molar-refractivity contribution in [2.45, 2.75) is 18.1 Å². The van der Waals surface area contributed by atoms with E-state index < -0.39 is 22.4 Å². The molecule has 182 valence electrons. The van der Waals surface area contributed by atoms with Gasteiger partial charge in [0.1, 0.15) is 6.61 Å². The van der Waals surface area contributed by atoms with Gasteiger partial charge in [-0.25, -0.2) is 18.1 Å². The Labute approximate surface area is 249 Å². The number of aromatic carboxylic acids is 1. The van der Waals surface area contributed by atoms with Gasteiger partial charge in [-0.2, -0.15) is 4.33 Å². The summed E-state index contributed by atoms with van der Waals surface area (Å²) in [7, 11) is -4.28. The molecule has 0 fully saturated rings. The number of nitrogens with zero attached hydrogens (tertiary/aromatic N) is 3. The first-order valence-corrected chi connectivity index (χ1v) is 13.2. The van der Waals surface area contributed by atoms with Crippen LogP contribution in [0.2, 0.25) is 0 Å². The Kier molecular flexibility index (Phi) is 11.4. The molecule has 35 heavy (non-hydrogen) atoms. The molecule has 0 atom stereocenters. The molecular weight excluding hydrogens is 717 g/mol. The first kappa shape index (κ1) is 30.8. The minimum absolute atomic E-state index is 0. The number of carboxylic acids is 1. The maximum Gasteiger partial charge on any atom is 1.00 e. The number of hydrogen-bond acceptors (Lipinski definition) is 11. The van der Waals surface area contributed by atoms with Gasteiger partial charge < -0.3 is 10.4 Å². The minimum atomic E-state index is -4.28. The Bertz CT molecular complexity index is 1300. The minimum Gasteiger partial charge on any atom is -0.691 e. The van der Waals surface area contributed by atoms with Crippen LogP contribution in [-0.2, 0) is 30.7 Å². The average molecular weight is 728 g/mol. The van der Waals surface area contributed by atoms with Gasteiger partial charge in [0, 0.05) is 10.5 Å². The summed E-state index contributed by atoms with van der Waals surface area (Å²) in [5.74, 6) is -1.25. The number of alkyl halides is 3. The smallest absolute Gasteiger partial charge is 0.691 e. The molecule has 12 nitrogen and oxygen atoms in total. The third kappa shape index (κ3) is 7.13. The summed E-state index contributed by atoms with van der Waals surface area (Å²) in [6.45, 7) is -0.360. The van der Waals surface area contributed by atoms with Crippen LogP contribution in [0.15, 0.2) is 52.5 Å². The molecule has 0 spiro atoms. The van der Waals surface area contributed by atoms with Crippen molar-refractivity contribution >= 4 is 75.6 Å². The first-order valence-electron chi connectivity index (χ1n) is 8.64. The Balaban J connectivity index is 0.00000432. The molecule has 1 heterocycles. The van der Waals surface area contributed by atoms with E-state index in [2.05, 4.69) is 72.2 Å². The van der Waals surface area contributed by atoms with Gasteiger partial charge in [0.2, 0.25) is 11.3 Å². The number of hydrogen-bond donors (Lipinski definition) is 2. The second-order valence-electron chi connectivity index (χ2n) is 6.30. The number of carbonyl (C=O) groups is 1. The summed E-state index contributed by atoms with van der Waals surface area (Å²) >= 11 is 9.60. The van der Waals surface area contributed by atoms with Crippen molar-refractivity contribution in [3.63, 3.8) is 0 Å². The summed E-state index contributed by atoms with van der Waals surface area (Å²) in [5, 5.41) is 39.0. The van der Waals surface area contributed by atoms with E-state index in [0.29, 0.717) is 22.5 Å². The van der Waals surface area contributed by atoms with Crippen LogP contribution >= 0.6 is 59.8 Å². The summed E-state index contributed by atoms with van der Waals surface area (Å²) in [5.41, 5.74) is 0.511. The van der Waals surface area contributed by atoms with Crippen molar-refractivity contribution < 1.29 is 72.7 Å². The first-order chi connectivity index (χ1) is 16.0. The molecule has 0 saturated heterocycles.